The van der Waals surface area contributed by atoms with Gasteiger partial charge < -0.3 is 8.54 Å². The molecule has 0 spiro atoms. The molecule has 0 amide bonds. The highest BCUT2D eigenvalue weighted by atomic mass is 28.4. The fourth-order valence-corrected chi connectivity index (χ4v) is 9.93. The summed E-state index contributed by atoms with van der Waals surface area (Å²) in [6.45, 7) is 13.8. The third kappa shape index (κ3) is 8.39. The molecule has 0 fully saturated rings. The van der Waals surface area contributed by atoms with Crippen LogP contribution in [0.2, 0.25) is 51.4 Å². The molecular weight excluding hydrogens is 236 g/mol. The zero-order valence-electron chi connectivity index (χ0n) is 11.5. The summed E-state index contributed by atoms with van der Waals surface area (Å²) in [5.74, 6) is 0. The molecule has 0 aromatic rings. The van der Waals surface area contributed by atoms with Crippen LogP contribution < -0.4 is 0 Å². The highest BCUT2D eigenvalue weighted by Gasteiger charge is 2.26. The van der Waals surface area contributed by atoms with E-state index >= 15 is 0 Å². The Kier molecular flexibility index (Phi) is 6.58. The van der Waals surface area contributed by atoms with Gasteiger partial charge in [0.2, 0.25) is 0 Å². The Morgan fingerprint density at radius 1 is 0.933 bits per heavy atom. The van der Waals surface area contributed by atoms with Gasteiger partial charge in [0, 0.05) is 7.11 Å². The maximum absolute atomic E-state index is 6.14. The van der Waals surface area contributed by atoms with E-state index in [2.05, 4.69) is 39.3 Å². The molecule has 0 bridgehead atoms. The predicted octanol–water partition coefficient (Wildman–Crippen LogP) is 3.43. The normalized spacial score (nSPS) is 13.6. The highest BCUT2D eigenvalue weighted by Crippen LogP contribution is 2.21. The molecule has 92 valence electrons. The van der Waals surface area contributed by atoms with Gasteiger partial charge in [0.15, 0.2) is 25.7 Å². The second-order valence-corrected chi connectivity index (χ2v) is 17.2. The van der Waals surface area contributed by atoms with E-state index in [1.54, 1.807) is 0 Å². The van der Waals surface area contributed by atoms with Gasteiger partial charge in [0.1, 0.15) is 0 Å². The van der Waals surface area contributed by atoms with E-state index in [0.717, 1.165) is 0 Å². The van der Waals surface area contributed by atoms with E-state index < -0.39 is 25.7 Å². The average Bonchev–Trinajstić information content (AvgIpc) is 2.00. The molecule has 0 aliphatic rings. The molecule has 0 aliphatic carbocycles. The maximum Gasteiger partial charge on any atom is 0.186 e. The third-order valence-corrected chi connectivity index (χ3v) is 11.3. The van der Waals surface area contributed by atoms with Crippen molar-refractivity contribution in [3.05, 3.63) is 0 Å². The zero-order valence-corrected chi connectivity index (χ0v) is 14.7. The molecule has 0 saturated heterocycles. The Bertz CT molecular complexity index is 182. The number of hydrogen-bond acceptors (Lipinski definition) is 2. The standard InChI is InChI=1S/C10H28O2Si3/c1-11-14(4,5)9-8-10-15(6,7)12-13(2)3/h13H,8-10H2,1-7H3. The topological polar surface area (TPSA) is 18.5 Å². The van der Waals surface area contributed by atoms with E-state index in [1.807, 2.05) is 7.11 Å². The molecular formula is C10H28O2Si3. The second-order valence-electron chi connectivity index (χ2n) is 5.74. The van der Waals surface area contributed by atoms with Gasteiger partial charge >= 0.3 is 0 Å². The van der Waals surface area contributed by atoms with Crippen LogP contribution in [0.3, 0.4) is 0 Å². The van der Waals surface area contributed by atoms with Gasteiger partial charge in [0.05, 0.1) is 0 Å². The maximum atomic E-state index is 6.14. The summed E-state index contributed by atoms with van der Waals surface area (Å²) in [5.41, 5.74) is 0. The van der Waals surface area contributed by atoms with Crippen molar-refractivity contribution in [2.75, 3.05) is 7.11 Å². The first kappa shape index (κ1) is 15.6. The molecule has 0 rings (SSSR count). The summed E-state index contributed by atoms with van der Waals surface area (Å²) in [6.07, 6.45) is 1.29. The van der Waals surface area contributed by atoms with Crippen molar-refractivity contribution in [1.82, 2.24) is 0 Å². The lowest BCUT2D eigenvalue weighted by molar-refractivity contribution is 0.402. The average molecular weight is 265 g/mol. The van der Waals surface area contributed by atoms with Crippen molar-refractivity contribution in [3.8, 4) is 0 Å². The Labute approximate surface area is 99.4 Å². The van der Waals surface area contributed by atoms with Gasteiger partial charge in [-0.2, -0.15) is 0 Å². The van der Waals surface area contributed by atoms with E-state index in [4.69, 9.17) is 8.54 Å². The predicted molar refractivity (Wildman–Crippen MR) is 76.2 cm³/mol. The Hall–Kier alpha value is 0.571. The number of hydrogen-bond donors (Lipinski definition) is 0. The van der Waals surface area contributed by atoms with Crippen LogP contribution in [-0.4, -0.2) is 32.8 Å². The number of rotatable bonds is 7. The molecule has 0 atom stereocenters. The fraction of sp³-hybridized carbons (Fsp3) is 1.00. The lowest BCUT2D eigenvalue weighted by Gasteiger charge is -2.27. The monoisotopic (exact) mass is 264 g/mol. The van der Waals surface area contributed by atoms with Crippen molar-refractivity contribution in [2.45, 2.75) is 57.8 Å². The van der Waals surface area contributed by atoms with Crippen molar-refractivity contribution in [1.29, 1.82) is 0 Å². The van der Waals surface area contributed by atoms with Crippen LogP contribution in [0.1, 0.15) is 6.42 Å². The molecule has 0 N–H and O–H groups in total. The first-order valence-electron chi connectivity index (χ1n) is 5.91. The largest absolute Gasteiger partial charge is 0.458 e. The van der Waals surface area contributed by atoms with E-state index in [-0.39, 0.29) is 0 Å². The summed E-state index contributed by atoms with van der Waals surface area (Å²) < 4.78 is 11.7. The van der Waals surface area contributed by atoms with Crippen LogP contribution in [0.15, 0.2) is 0 Å². The van der Waals surface area contributed by atoms with Crippen LogP contribution in [0.25, 0.3) is 0 Å². The van der Waals surface area contributed by atoms with Gasteiger partial charge in [-0.1, -0.05) is 6.42 Å². The van der Waals surface area contributed by atoms with Gasteiger partial charge in [0.25, 0.3) is 0 Å². The van der Waals surface area contributed by atoms with E-state index in [9.17, 15) is 0 Å². The quantitative estimate of drug-likeness (QED) is 0.656. The molecule has 0 unspecified atom stereocenters. The first-order valence-corrected chi connectivity index (χ1v) is 14.9. The summed E-state index contributed by atoms with van der Waals surface area (Å²) in [4.78, 5) is 0. The highest BCUT2D eigenvalue weighted by molar-refractivity contribution is 6.78. The van der Waals surface area contributed by atoms with Crippen LogP contribution in [0, 0.1) is 0 Å². The minimum absolute atomic E-state index is 0.846. The third-order valence-electron chi connectivity index (χ3n) is 2.67. The molecule has 0 saturated carbocycles. The van der Waals surface area contributed by atoms with Crippen LogP contribution in [-0.2, 0) is 8.54 Å². The Morgan fingerprint density at radius 3 is 1.80 bits per heavy atom. The summed E-state index contributed by atoms with van der Waals surface area (Å²) in [6, 6.07) is 2.56. The van der Waals surface area contributed by atoms with E-state index in [1.165, 1.54) is 18.5 Å². The van der Waals surface area contributed by atoms with Gasteiger partial charge in [-0.25, -0.2) is 0 Å². The Balaban J connectivity index is 3.84. The SMILES string of the molecule is CO[Si](C)(C)CCC[Si](C)(C)O[SiH](C)C. The van der Waals surface area contributed by atoms with E-state index in [0.29, 0.717) is 0 Å². The lowest BCUT2D eigenvalue weighted by atomic mass is 10.6. The Morgan fingerprint density at radius 2 is 1.40 bits per heavy atom. The minimum Gasteiger partial charge on any atom is -0.458 e. The minimum atomic E-state index is -1.35. The summed E-state index contributed by atoms with van der Waals surface area (Å²) in [5, 5.41) is 0. The zero-order chi connectivity index (χ0) is 12.1. The van der Waals surface area contributed by atoms with Crippen LogP contribution in [0.4, 0.5) is 0 Å². The summed E-state index contributed by atoms with van der Waals surface area (Å²) in [7, 11) is -1.68. The van der Waals surface area contributed by atoms with Crippen LogP contribution in [0.5, 0.6) is 0 Å². The molecule has 0 aromatic heterocycles. The fourth-order valence-electron chi connectivity index (χ4n) is 1.74. The first-order chi connectivity index (χ1) is 6.68. The molecule has 0 aliphatic heterocycles. The van der Waals surface area contributed by atoms with Crippen molar-refractivity contribution in [3.63, 3.8) is 0 Å². The van der Waals surface area contributed by atoms with Crippen LogP contribution >= 0.6 is 0 Å². The molecule has 15 heavy (non-hydrogen) atoms. The molecule has 0 heterocycles. The molecule has 5 heteroatoms. The van der Waals surface area contributed by atoms with Crippen molar-refractivity contribution < 1.29 is 8.54 Å². The van der Waals surface area contributed by atoms with Crippen molar-refractivity contribution in [2.24, 2.45) is 0 Å². The molecule has 2 nitrogen and oxygen atoms in total. The smallest absolute Gasteiger partial charge is 0.186 e. The van der Waals surface area contributed by atoms with Gasteiger partial charge in [-0.3, -0.25) is 0 Å². The lowest BCUT2D eigenvalue weighted by Crippen LogP contribution is -2.36. The molecule has 0 aromatic carbocycles. The second kappa shape index (κ2) is 6.34. The molecule has 0 radical (unpaired) electrons. The van der Waals surface area contributed by atoms with Gasteiger partial charge in [-0.15, -0.1) is 0 Å². The summed E-state index contributed by atoms with van der Waals surface area (Å²) >= 11 is 0. The van der Waals surface area contributed by atoms with Crippen molar-refractivity contribution >= 4 is 25.7 Å². The van der Waals surface area contributed by atoms with Gasteiger partial charge in [-0.05, 0) is 51.4 Å².